The zero-order chi connectivity index (χ0) is 13.0. The molecule has 1 amide bonds. The minimum absolute atomic E-state index is 0.0978. The SMILES string of the molecule is CC(CCl)C(C)NC(=O)c1cccc(F)c1Cl. The Labute approximate surface area is 110 Å². The number of alkyl halides is 1. The summed E-state index contributed by atoms with van der Waals surface area (Å²) in [7, 11) is 0. The topological polar surface area (TPSA) is 29.1 Å². The van der Waals surface area contributed by atoms with Gasteiger partial charge < -0.3 is 5.32 Å². The van der Waals surface area contributed by atoms with Crippen molar-refractivity contribution in [1.29, 1.82) is 0 Å². The number of carbonyl (C=O) groups excluding carboxylic acids is 1. The van der Waals surface area contributed by atoms with Crippen LogP contribution in [0.15, 0.2) is 18.2 Å². The van der Waals surface area contributed by atoms with Crippen molar-refractivity contribution in [3.63, 3.8) is 0 Å². The maximum atomic E-state index is 13.2. The third-order valence-electron chi connectivity index (χ3n) is 2.65. The molecular formula is C12H14Cl2FNO. The summed E-state index contributed by atoms with van der Waals surface area (Å²) in [6.45, 7) is 3.77. The maximum Gasteiger partial charge on any atom is 0.253 e. The molecule has 0 aromatic heterocycles. The molecule has 0 heterocycles. The van der Waals surface area contributed by atoms with Gasteiger partial charge in [-0.1, -0.05) is 24.6 Å². The molecule has 0 saturated carbocycles. The molecule has 0 bridgehead atoms. The highest BCUT2D eigenvalue weighted by Crippen LogP contribution is 2.19. The number of rotatable bonds is 4. The van der Waals surface area contributed by atoms with Gasteiger partial charge in [0.1, 0.15) is 5.82 Å². The Morgan fingerprint density at radius 2 is 2.12 bits per heavy atom. The highest BCUT2D eigenvalue weighted by Gasteiger charge is 2.18. The Bertz CT molecular complexity index is 411. The lowest BCUT2D eigenvalue weighted by Crippen LogP contribution is -2.37. The molecule has 2 unspecified atom stereocenters. The van der Waals surface area contributed by atoms with Gasteiger partial charge in [0.2, 0.25) is 0 Å². The van der Waals surface area contributed by atoms with E-state index >= 15 is 0 Å². The first kappa shape index (κ1) is 14.3. The van der Waals surface area contributed by atoms with Crippen LogP contribution in [0.4, 0.5) is 4.39 Å². The lowest BCUT2D eigenvalue weighted by atomic mass is 10.1. The second kappa shape index (κ2) is 6.22. The van der Waals surface area contributed by atoms with E-state index in [-0.39, 0.29) is 28.5 Å². The van der Waals surface area contributed by atoms with Crippen LogP contribution in [0.5, 0.6) is 0 Å². The zero-order valence-corrected chi connectivity index (χ0v) is 11.1. The molecule has 0 aliphatic heterocycles. The van der Waals surface area contributed by atoms with Gasteiger partial charge in [-0.25, -0.2) is 4.39 Å². The second-order valence-corrected chi connectivity index (χ2v) is 4.68. The summed E-state index contributed by atoms with van der Waals surface area (Å²) in [4.78, 5) is 11.8. The smallest absolute Gasteiger partial charge is 0.253 e. The van der Waals surface area contributed by atoms with Gasteiger partial charge in [0.05, 0.1) is 10.6 Å². The van der Waals surface area contributed by atoms with E-state index in [1.54, 1.807) is 0 Å². The molecule has 1 aromatic rings. The zero-order valence-electron chi connectivity index (χ0n) is 9.64. The fraction of sp³-hybridized carbons (Fsp3) is 0.417. The van der Waals surface area contributed by atoms with Crippen LogP contribution in [0.2, 0.25) is 5.02 Å². The highest BCUT2D eigenvalue weighted by atomic mass is 35.5. The summed E-state index contributed by atoms with van der Waals surface area (Å²) >= 11 is 11.4. The molecule has 0 saturated heterocycles. The van der Waals surface area contributed by atoms with Crippen molar-refractivity contribution < 1.29 is 9.18 Å². The van der Waals surface area contributed by atoms with Gasteiger partial charge in [0.15, 0.2) is 0 Å². The van der Waals surface area contributed by atoms with Crippen molar-refractivity contribution in [1.82, 2.24) is 5.32 Å². The quantitative estimate of drug-likeness (QED) is 0.839. The Morgan fingerprint density at radius 1 is 1.47 bits per heavy atom. The van der Waals surface area contributed by atoms with Crippen LogP contribution in [-0.4, -0.2) is 17.8 Å². The molecule has 94 valence electrons. The van der Waals surface area contributed by atoms with Gasteiger partial charge in [-0.2, -0.15) is 0 Å². The Hall–Kier alpha value is -0.800. The Morgan fingerprint density at radius 3 is 2.71 bits per heavy atom. The number of carbonyl (C=O) groups is 1. The molecule has 2 atom stereocenters. The van der Waals surface area contributed by atoms with Crippen LogP contribution in [0.3, 0.4) is 0 Å². The Balaban J connectivity index is 2.80. The van der Waals surface area contributed by atoms with Crippen molar-refractivity contribution in [2.24, 2.45) is 5.92 Å². The van der Waals surface area contributed by atoms with Crippen LogP contribution < -0.4 is 5.32 Å². The molecule has 5 heteroatoms. The van der Waals surface area contributed by atoms with Crippen LogP contribution in [0, 0.1) is 11.7 Å². The van der Waals surface area contributed by atoms with E-state index in [1.165, 1.54) is 18.2 Å². The van der Waals surface area contributed by atoms with E-state index in [9.17, 15) is 9.18 Å². The first-order valence-corrected chi connectivity index (χ1v) is 6.19. The predicted octanol–water partition coefficient (Wildman–Crippen LogP) is 3.47. The van der Waals surface area contributed by atoms with Gasteiger partial charge in [-0.3, -0.25) is 4.79 Å². The largest absolute Gasteiger partial charge is 0.349 e. The summed E-state index contributed by atoms with van der Waals surface area (Å²) in [5, 5.41) is 2.58. The first-order chi connectivity index (χ1) is 7.97. The van der Waals surface area contributed by atoms with E-state index < -0.39 is 5.82 Å². The van der Waals surface area contributed by atoms with Crippen molar-refractivity contribution in [2.75, 3.05) is 5.88 Å². The fourth-order valence-electron chi connectivity index (χ4n) is 1.24. The van der Waals surface area contributed by atoms with Crippen LogP contribution in [0.1, 0.15) is 24.2 Å². The standard InChI is InChI=1S/C12H14Cl2FNO/c1-7(6-13)8(2)16-12(17)9-4-3-5-10(15)11(9)14/h3-5,7-8H,6H2,1-2H3,(H,16,17). The number of nitrogens with one attached hydrogen (secondary N) is 1. The molecule has 17 heavy (non-hydrogen) atoms. The van der Waals surface area contributed by atoms with Crippen LogP contribution in [0.25, 0.3) is 0 Å². The molecule has 0 aliphatic rings. The van der Waals surface area contributed by atoms with Crippen LogP contribution >= 0.6 is 23.2 Å². The molecular weight excluding hydrogens is 264 g/mol. The molecule has 0 fully saturated rings. The van der Waals surface area contributed by atoms with Gasteiger partial charge >= 0.3 is 0 Å². The lowest BCUT2D eigenvalue weighted by Gasteiger charge is -2.19. The van der Waals surface area contributed by atoms with Crippen molar-refractivity contribution in [3.05, 3.63) is 34.6 Å². The predicted molar refractivity (Wildman–Crippen MR) is 68.2 cm³/mol. The minimum atomic E-state index is -0.600. The van der Waals surface area contributed by atoms with Crippen molar-refractivity contribution in [3.8, 4) is 0 Å². The highest BCUT2D eigenvalue weighted by molar-refractivity contribution is 6.34. The van der Waals surface area contributed by atoms with E-state index in [4.69, 9.17) is 23.2 Å². The first-order valence-electron chi connectivity index (χ1n) is 5.28. The summed E-state index contributed by atoms with van der Waals surface area (Å²) in [5.74, 6) is -0.414. The minimum Gasteiger partial charge on any atom is -0.349 e. The molecule has 0 radical (unpaired) electrons. The summed E-state index contributed by atoms with van der Waals surface area (Å²) < 4.78 is 13.2. The number of hydrogen-bond donors (Lipinski definition) is 1. The normalized spacial score (nSPS) is 14.2. The van der Waals surface area contributed by atoms with Crippen LogP contribution in [-0.2, 0) is 0 Å². The average Bonchev–Trinajstić information content (AvgIpc) is 2.31. The maximum absolute atomic E-state index is 13.2. The van der Waals surface area contributed by atoms with E-state index in [1.807, 2.05) is 13.8 Å². The van der Waals surface area contributed by atoms with Crippen molar-refractivity contribution >= 4 is 29.1 Å². The van der Waals surface area contributed by atoms with E-state index in [2.05, 4.69) is 5.32 Å². The molecule has 1 N–H and O–H groups in total. The number of amides is 1. The molecule has 0 spiro atoms. The molecule has 1 rings (SSSR count). The molecule has 2 nitrogen and oxygen atoms in total. The summed E-state index contributed by atoms with van der Waals surface area (Å²) in [6.07, 6.45) is 0. The third kappa shape index (κ3) is 3.58. The van der Waals surface area contributed by atoms with E-state index in [0.29, 0.717) is 5.88 Å². The lowest BCUT2D eigenvalue weighted by molar-refractivity contribution is 0.0930. The van der Waals surface area contributed by atoms with E-state index in [0.717, 1.165) is 0 Å². The summed E-state index contributed by atoms with van der Waals surface area (Å²) in [5.41, 5.74) is 0.139. The average molecular weight is 278 g/mol. The monoisotopic (exact) mass is 277 g/mol. The fourth-order valence-corrected chi connectivity index (χ4v) is 1.72. The summed E-state index contributed by atoms with van der Waals surface area (Å²) in [6, 6.07) is 4.05. The van der Waals surface area contributed by atoms with Gasteiger partial charge in [-0.05, 0) is 25.0 Å². The molecule has 0 aliphatic carbocycles. The number of halogens is 3. The Kier molecular flexibility index (Phi) is 5.22. The number of benzene rings is 1. The third-order valence-corrected chi connectivity index (χ3v) is 3.52. The van der Waals surface area contributed by atoms with Gasteiger partial charge in [0, 0.05) is 11.9 Å². The number of hydrogen-bond acceptors (Lipinski definition) is 1. The van der Waals surface area contributed by atoms with Gasteiger partial charge in [0.25, 0.3) is 5.91 Å². The second-order valence-electron chi connectivity index (χ2n) is 4.00. The van der Waals surface area contributed by atoms with Crippen molar-refractivity contribution in [2.45, 2.75) is 19.9 Å². The van der Waals surface area contributed by atoms with Gasteiger partial charge in [-0.15, -0.1) is 11.6 Å². The molecule has 1 aromatic carbocycles.